The summed E-state index contributed by atoms with van der Waals surface area (Å²) in [5, 5.41) is 1.09. The highest BCUT2D eigenvalue weighted by Gasteiger charge is 1.89. The van der Waals surface area contributed by atoms with E-state index in [0.717, 1.165) is 7.89 Å². The van der Waals surface area contributed by atoms with Crippen LogP contribution in [0.1, 0.15) is 5.01 Å². The smallest absolute Gasteiger partial charge is 0.115 e. The molecular weight excluding hydrogens is 221 g/mol. The minimum absolute atomic E-state index is 1.09. The van der Waals surface area contributed by atoms with Crippen LogP contribution < -0.4 is 0 Å². The molecule has 7 heavy (non-hydrogen) atoms. The average Bonchev–Trinajstić information content (AvgIpc) is 1.87. The summed E-state index contributed by atoms with van der Waals surface area (Å²) >= 11 is 3.86. The molecule has 1 rings (SSSR count). The van der Waals surface area contributed by atoms with Gasteiger partial charge in [0.15, 0.2) is 0 Å². The third kappa shape index (κ3) is 1.38. The van der Waals surface area contributed by atoms with Crippen LogP contribution in [0.3, 0.4) is 0 Å². The number of hydrogen-bond donors (Lipinski definition) is 0. The molecule has 1 radical (unpaired) electrons. The third-order valence-corrected chi connectivity index (χ3v) is 2.10. The van der Waals surface area contributed by atoms with Gasteiger partial charge in [0.1, 0.15) is 6.20 Å². The summed E-state index contributed by atoms with van der Waals surface area (Å²) in [5.41, 5.74) is 0. The molecule has 0 aromatic carbocycles. The summed E-state index contributed by atoms with van der Waals surface area (Å²) in [5.74, 6) is 0. The quantitative estimate of drug-likeness (QED) is 0.613. The summed E-state index contributed by atoms with van der Waals surface area (Å²) in [6.07, 6.45) is 2.82. The van der Waals surface area contributed by atoms with Crippen LogP contribution in [0.4, 0.5) is 0 Å². The van der Waals surface area contributed by atoms with Gasteiger partial charge in [0.05, 0.1) is 7.89 Å². The van der Waals surface area contributed by atoms with E-state index in [1.807, 2.05) is 6.92 Å². The van der Waals surface area contributed by atoms with E-state index in [2.05, 4.69) is 33.8 Å². The highest BCUT2D eigenvalue weighted by atomic mass is 127. The van der Waals surface area contributed by atoms with E-state index in [1.165, 1.54) is 0 Å². The van der Waals surface area contributed by atoms with Crippen molar-refractivity contribution in [3.8, 4) is 0 Å². The summed E-state index contributed by atoms with van der Waals surface area (Å²) in [4.78, 5) is 3.90. The number of nitrogens with zero attached hydrogens (tertiary/aromatic N) is 1. The van der Waals surface area contributed by atoms with Crippen molar-refractivity contribution in [2.75, 3.05) is 0 Å². The van der Waals surface area contributed by atoms with Crippen LogP contribution in [0.5, 0.6) is 0 Å². The van der Waals surface area contributed by atoms with Crippen molar-refractivity contribution in [2.45, 2.75) is 6.92 Å². The molecule has 3 heteroatoms. The summed E-state index contributed by atoms with van der Waals surface area (Å²) in [7, 11) is 0. The van der Waals surface area contributed by atoms with Crippen molar-refractivity contribution in [2.24, 2.45) is 0 Å². The van der Waals surface area contributed by atoms with Crippen molar-refractivity contribution in [1.82, 2.24) is 4.98 Å². The van der Waals surface area contributed by atoms with Crippen LogP contribution in [0.25, 0.3) is 0 Å². The zero-order valence-corrected chi connectivity index (χ0v) is 6.71. The Hall–Kier alpha value is 0.360. The van der Waals surface area contributed by atoms with Gasteiger partial charge in [-0.05, 0) is 29.5 Å². The van der Waals surface area contributed by atoms with E-state index in [9.17, 15) is 0 Å². The number of aryl methyl sites for hydroxylation is 1. The Morgan fingerprint density at radius 3 is 2.71 bits per heavy atom. The lowest BCUT2D eigenvalue weighted by Gasteiger charge is -1.66. The fourth-order valence-electron chi connectivity index (χ4n) is 0.298. The maximum absolute atomic E-state index is 3.90. The van der Waals surface area contributed by atoms with Crippen LogP contribution in [-0.4, -0.2) is 4.98 Å². The summed E-state index contributed by atoms with van der Waals surface area (Å²) < 4.78 is 1.13. The van der Waals surface area contributed by atoms with Crippen molar-refractivity contribution in [3.05, 3.63) is 14.1 Å². The van der Waals surface area contributed by atoms with Crippen LogP contribution in [0, 0.1) is 16.0 Å². The first-order valence-corrected chi connectivity index (χ1v) is 3.69. The molecule has 1 heterocycles. The standard InChI is InChI=1S/C4H3INS/c1-3-6-2-4(5)7-3/h1H3. The van der Waals surface area contributed by atoms with Crippen LogP contribution in [0.2, 0.25) is 0 Å². The third-order valence-electron chi connectivity index (χ3n) is 0.539. The van der Waals surface area contributed by atoms with Crippen molar-refractivity contribution in [1.29, 1.82) is 0 Å². The molecule has 0 aliphatic carbocycles. The molecule has 0 N–H and O–H groups in total. The summed E-state index contributed by atoms with van der Waals surface area (Å²) in [6.45, 7) is 1.98. The maximum Gasteiger partial charge on any atom is 0.115 e. The Balaban J connectivity index is 3.04. The average molecular weight is 224 g/mol. The number of thiazole rings is 1. The molecule has 0 aliphatic heterocycles. The molecule has 0 fully saturated rings. The summed E-state index contributed by atoms with van der Waals surface area (Å²) in [6, 6.07) is 0. The number of hydrogen-bond acceptors (Lipinski definition) is 2. The fourth-order valence-corrected chi connectivity index (χ4v) is 1.82. The Morgan fingerprint density at radius 1 is 1.86 bits per heavy atom. The molecule has 1 nitrogen and oxygen atoms in total. The maximum atomic E-state index is 3.90. The van der Waals surface area contributed by atoms with E-state index in [-0.39, 0.29) is 0 Å². The van der Waals surface area contributed by atoms with Crippen molar-refractivity contribution < 1.29 is 0 Å². The predicted molar refractivity (Wildman–Crippen MR) is 38.4 cm³/mol. The lowest BCUT2D eigenvalue weighted by atomic mass is 10.8. The van der Waals surface area contributed by atoms with Gasteiger partial charge in [-0.25, -0.2) is 4.98 Å². The number of halogens is 1. The van der Waals surface area contributed by atoms with E-state index in [1.54, 1.807) is 11.3 Å². The molecule has 1 aromatic heterocycles. The zero-order valence-electron chi connectivity index (χ0n) is 3.73. The van der Waals surface area contributed by atoms with Crippen molar-refractivity contribution in [3.63, 3.8) is 0 Å². The largest absolute Gasteiger partial charge is 0.239 e. The molecular formula is C4H3INS. The lowest BCUT2D eigenvalue weighted by molar-refractivity contribution is 1.28. The number of aromatic nitrogens is 1. The molecule has 1 aromatic rings. The lowest BCUT2D eigenvalue weighted by Crippen LogP contribution is -1.58. The molecule has 0 spiro atoms. The van der Waals surface area contributed by atoms with Gasteiger partial charge in [0, 0.05) is 0 Å². The first-order valence-electron chi connectivity index (χ1n) is 1.79. The second-order valence-electron chi connectivity index (χ2n) is 1.12. The number of rotatable bonds is 0. The Morgan fingerprint density at radius 2 is 2.57 bits per heavy atom. The second-order valence-corrected chi connectivity index (χ2v) is 4.13. The van der Waals surface area contributed by atoms with Crippen LogP contribution in [0.15, 0.2) is 0 Å². The Kier molecular flexibility index (Phi) is 1.64. The van der Waals surface area contributed by atoms with Gasteiger partial charge < -0.3 is 0 Å². The van der Waals surface area contributed by atoms with Gasteiger partial charge in [-0.15, -0.1) is 11.3 Å². The highest BCUT2D eigenvalue weighted by Crippen LogP contribution is 2.11. The first-order chi connectivity index (χ1) is 3.29. The second kappa shape index (κ2) is 2.09. The van der Waals surface area contributed by atoms with Gasteiger partial charge in [0.25, 0.3) is 0 Å². The van der Waals surface area contributed by atoms with Gasteiger partial charge in [-0.2, -0.15) is 0 Å². The molecule has 0 saturated carbocycles. The van der Waals surface area contributed by atoms with E-state index < -0.39 is 0 Å². The van der Waals surface area contributed by atoms with Gasteiger partial charge in [-0.1, -0.05) is 0 Å². The highest BCUT2D eigenvalue weighted by molar-refractivity contribution is 14.1. The van der Waals surface area contributed by atoms with E-state index in [4.69, 9.17) is 0 Å². The van der Waals surface area contributed by atoms with Gasteiger partial charge in [0.2, 0.25) is 0 Å². The van der Waals surface area contributed by atoms with Gasteiger partial charge in [-0.3, -0.25) is 0 Å². The molecule has 0 amide bonds. The monoisotopic (exact) mass is 224 g/mol. The molecule has 0 atom stereocenters. The SMILES string of the molecule is Cc1n[c]c(I)s1. The van der Waals surface area contributed by atoms with Gasteiger partial charge >= 0.3 is 0 Å². The molecule has 0 aliphatic rings. The zero-order chi connectivity index (χ0) is 5.28. The Bertz CT molecular complexity index is 144. The molecule has 0 bridgehead atoms. The predicted octanol–water partition coefficient (Wildman–Crippen LogP) is 1.86. The Labute approximate surface area is 59.9 Å². The molecule has 0 saturated heterocycles. The normalized spacial score (nSPS) is 9.43. The van der Waals surface area contributed by atoms with Crippen LogP contribution >= 0.6 is 33.9 Å². The fraction of sp³-hybridized carbons (Fsp3) is 0.250. The minimum atomic E-state index is 1.09. The minimum Gasteiger partial charge on any atom is -0.239 e. The van der Waals surface area contributed by atoms with Crippen molar-refractivity contribution >= 4 is 33.9 Å². The first kappa shape index (κ1) is 5.50. The molecule has 0 unspecified atom stereocenters. The van der Waals surface area contributed by atoms with E-state index in [0.29, 0.717) is 0 Å². The van der Waals surface area contributed by atoms with E-state index >= 15 is 0 Å². The van der Waals surface area contributed by atoms with Crippen LogP contribution in [-0.2, 0) is 0 Å². The molecule has 37 valence electrons. The topological polar surface area (TPSA) is 12.9 Å².